The van der Waals surface area contributed by atoms with Crippen LogP contribution in [0.1, 0.15) is 47.0 Å². The van der Waals surface area contributed by atoms with Crippen molar-refractivity contribution in [1.82, 2.24) is 0 Å². The average Bonchev–Trinajstić information content (AvgIpc) is 3.37. The van der Waals surface area contributed by atoms with E-state index in [0.29, 0.717) is 62.4 Å². The van der Waals surface area contributed by atoms with Crippen molar-refractivity contribution in [2.75, 3.05) is 51.8 Å². The molecule has 378 valence electrons. The molecule has 0 heterocycles. The summed E-state index contributed by atoms with van der Waals surface area (Å²) in [5, 5.41) is 8.50. The molecule has 0 unspecified atom stereocenters. The molecule has 0 radical (unpaired) electrons. The lowest BCUT2D eigenvalue weighted by atomic mass is 9.83. The minimum absolute atomic E-state index is 0. The van der Waals surface area contributed by atoms with Crippen LogP contribution in [-0.2, 0) is 9.47 Å². The molecule has 0 aromatic heterocycles. The summed E-state index contributed by atoms with van der Waals surface area (Å²) in [6, 6.07) is 66.1. The summed E-state index contributed by atoms with van der Waals surface area (Å²) >= 11 is 0. The van der Waals surface area contributed by atoms with E-state index in [1.807, 2.05) is 0 Å². The van der Waals surface area contributed by atoms with Crippen molar-refractivity contribution < 1.29 is 43.4 Å². The highest BCUT2D eigenvalue weighted by Crippen LogP contribution is 2.58. The van der Waals surface area contributed by atoms with Gasteiger partial charge in [0, 0.05) is 6.54 Å². The fourth-order valence-electron chi connectivity index (χ4n) is 9.08. The number of nitrogens with zero attached hydrogens (tertiary/aromatic N) is 4. The predicted molar refractivity (Wildman–Crippen MR) is 301 cm³/mol. The van der Waals surface area contributed by atoms with E-state index in [1.54, 1.807) is 13.8 Å². The van der Waals surface area contributed by atoms with Gasteiger partial charge in [-0.3, -0.25) is 4.99 Å². The molecular weight excluding hydrogens is 1050 g/mol. The van der Waals surface area contributed by atoms with Crippen LogP contribution < -0.4 is 88.7 Å². The number of benzene rings is 6. The van der Waals surface area contributed by atoms with E-state index >= 15 is 0 Å². The quantitative estimate of drug-likeness (QED) is 0.0418. The van der Waals surface area contributed by atoms with Crippen LogP contribution in [-0.4, -0.2) is 75.4 Å². The molecule has 6 aromatic rings. The van der Waals surface area contributed by atoms with Gasteiger partial charge in [-0.05, 0) is 124 Å². The summed E-state index contributed by atoms with van der Waals surface area (Å²) in [6.45, 7) is 6.71. The molecule has 10 nitrogen and oxygen atoms in total. The van der Waals surface area contributed by atoms with Crippen LogP contribution in [0.5, 0.6) is 0 Å². The first-order valence-electron chi connectivity index (χ1n) is 23.7. The Morgan fingerprint density at radius 2 is 0.746 bits per heavy atom. The maximum atomic E-state index is 6.04. The van der Waals surface area contributed by atoms with Gasteiger partial charge in [0.15, 0.2) is 0 Å². The predicted octanol–water partition coefficient (Wildman–Crippen LogP) is 1.83. The molecule has 14 heteroatoms. The summed E-state index contributed by atoms with van der Waals surface area (Å²) < 4.78 is 11.7. The maximum absolute atomic E-state index is 6.04. The summed E-state index contributed by atoms with van der Waals surface area (Å²) in [5.41, 5.74) is 22.6. The normalized spacial score (nSPS) is 15.5. The number of rotatable bonds is 19. The average molecular weight is 1130 g/mol. The Balaban J connectivity index is 0.000000360. The fourth-order valence-corrected chi connectivity index (χ4v) is 17.9. The molecule has 71 heavy (non-hydrogen) atoms. The molecule has 1 saturated carbocycles. The third kappa shape index (κ3) is 17.9. The molecule has 8 N–H and O–H groups in total. The van der Waals surface area contributed by atoms with Crippen LogP contribution in [0, 0.1) is 11.8 Å². The molecule has 6 aromatic carbocycles. The second-order valence-electron chi connectivity index (χ2n) is 17.1. The van der Waals surface area contributed by atoms with Gasteiger partial charge in [0.1, 0.15) is 46.4 Å². The van der Waals surface area contributed by atoms with E-state index in [1.165, 1.54) is 63.7 Å². The number of hydrogen-bond donors (Lipinski definition) is 4. The molecular formula is C57H74Br2N8O2P2. The smallest absolute Gasteiger partial charge is 0.217 e. The summed E-state index contributed by atoms with van der Waals surface area (Å²) in [5.74, 6) is 2.56. The topological polar surface area (TPSA) is 172 Å². The number of nitrogens with two attached hydrogens (primary N) is 4. The molecule has 0 amide bonds. The monoisotopic (exact) mass is 1120 g/mol. The Morgan fingerprint density at radius 1 is 0.437 bits per heavy atom. The summed E-state index contributed by atoms with van der Waals surface area (Å²) in [7, 11) is -3.63. The minimum Gasteiger partial charge on any atom is -1.00 e. The van der Waals surface area contributed by atoms with Gasteiger partial charge in [-0.1, -0.05) is 117 Å². The highest BCUT2D eigenvalue weighted by Gasteiger charge is 2.48. The largest absolute Gasteiger partial charge is 1.00 e. The van der Waals surface area contributed by atoms with Crippen molar-refractivity contribution in [1.29, 1.82) is 0 Å². The third-order valence-electron chi connectivity index (χ3n) is 12.2. The zero-order chi connectivity index (χ0) is 47.9. The zero-order valence-electron chi connectivity index (χ0n) is 40.5. The van der Waals surface area contributed by atoms with Crippen molar-refractivity contribution in [2.24, 2.45) is 54.7 Å². The van der Waals surface area contributed by atoms with Crippen LogP contribution in [0.25, 0.3) is 0 Å². The number of hydrogen-bond acceptors (Lipinski definition) is 4. The van der Waals surface area contributed by atoms with Gasteiger partial charge < -0.3 is 66.4 Å². The molecule has 0 atom stereocenters. The van der Waals surface area contributed by atoms with Crippen molar-refractivity contribution in [3.8, 4) is 0 Å². The van der Waals surface area contributed by atoms with Crippen LogP contribution in [0.2, 0.25) is 0 Å². The van der Waals surface area contributed by atoms with Crippen LogP contribution in [0.3, 0.4) is 0 Å². The number of ether oxygens (including phenoxy) is 2. The second kappa shape index (κ2) is 32.1. The lowest BCUT2D eigenvalue weighted by Gasteiger charge is -2.34. The first kappa shape index (κ1) is 60.2. The van der Waals surface area contributed by atoms with Crippen LogP contribution in [0.4, 0.5) is 0 Å². The van der Waals surface area contributed by atoms with Gasteiger partial charge in [0.2, 0.25) is 11.9 Å². The molecule has 1 fully saturated rings. The van der Waals surface area contributed by atoms with Gasteiger partial charge in [-0.15, -0.1) is 0 Å². The Bertz CT molecular complexity index is 2300. The molecule has 0 spiro atoms. The Morgan fingerprint density at radius 3 is 1.10 bits per heavy atom. The van der Waals surface area contributed by atoms with Crippen molar-refractivity contribution in [3.05, 3.63) is 182 Å². The Kier molecular flexibility index (Phi) is 27.2. The maximum Gasteiger partial charge on any atom is 0.217 e. The number of guanidine groups is 2. The standard InChI is InChI=1S/C29H36N4P.C27H34N4O2P.CH4.2BrH/c1-23(30)33-29(31)32-21-24-17-19-25(20-18-24)22-34(26-11-5-2-6-12-26,27-13-7-3-8-14-27)28-15-9-4-10-16-28;1-23(28)31-27(29)30-17-18-32-19-20-33-21-22-34(24-11-5-2-6-12-24,25-13-7-3-8-14-25)26-15-9-4-10-16-26;;;/h2-16,24-25H,17-22H2,1H3,(H4,30,31,32,33);2-16H,17-22H2,1H3,(H4,28,29,30,31);1H4;2*1H/q2*+1;;;/p-2. The lowest BCUT2D eigenvalue weighted by Crippen LogP contribution is -3.00. The first-order valence-corrected chi connectivity index (χ1v) is 27.6. The number of amidine groups is 2. The van der Waals surface area contributed by atoms with E-state index in [2.05, 4.69) is 202 Å². The highest BCUT2D eigenvalue weighted by molar-refractivity contribution is 7.96. The molecule has 0 saturated heterocycles. The van der Waals surface area contributed by atoms with Crippen LogP contribution in [0.15, 0.2) is 202 Å². The highest BCUT2D eigenvalue weighted by atomic mass is 79.9. The Labute approximate surface area is 446 Å². The summed E-state index contributed by atoms with van der Waals surface area (Å²) in [6.07, 6.45) is 6.96. The van der Waals surface area contributed by atoms with Gasteiger partial charge in [-0.2, -0.15) is 0 Å². The van der Waals surface area contributed by atoms with Crippen molar-refractivity contribution >= 4 is 69.9 Å². The second-order valence-corrected chi connectivity index (χ2v) is 24.2. The van der Waals surface area contributed by atoms with E-state index < -0.39 is 14.5 Å². The third-order valence-corrected chi connectivity index (χ3v) is 21.2. The van der Waals surface area contributed by atoms with Crippen molar-refractivity contribution in [2.45, 2.75) is 47.0 Å². The fraction of sp³-hybridized carbons (Fsp3) is 0.298. The number of halogens is 2. The number of aliphatic imine (C=N–C) groups is 4. The molecule has 1 aliphatic carbocycles. The van der Waals surface area contributed by atoms with Crippen molar-refractivity contribution in [3.63, 3.8) is 0 Å². The van der Waals surface area contributed by atoms with Gasteiger partial charge in [-0.25, -0.2) is 15.0 Å². The SMILES string of the molecule is C.CC(N)=NC(N)=NCC1CCC(C[P+](c2ccccc2)(c2ccccc2)c2ccccc2)CC1.CC(N)=NC(N)=NCCOCCOCC[P+](c1ccccc1)(c1ccccc1)c1ccccc1.[Br-].[Br-]. The molecule has 7 rings (SSSR count). The molecule has 0 bridgehead atoms. The van der Waals surface area contributed by atoms with E-state index in [-0.39, 0.29) is 47.3 Å². The summed E-state index contributed by atoms with van der Waals surface area (Å²) in [4.78, 5) is 16.5. The van der Waals surface area contributed by atoms with E-state index in [4.69, 9.17) is 32.4 Å². The lowest BCUT2D eigenvalue weighted by molar-refractivity contribution is -0.00100. The van der Waals surface area contributed by atoms with Gasteiger partial charge in [0.05, 0.1) is 57.0 Å². The zero-order valence-corrected chi connectivity index (χ0v) is 45.5. The minimum atomic E-state index is -1.86. The molecule has 0 aliphatic heterocycles. The van der Waals surface area contributed by atoms with E-state index in [9.17, 15) is 0 Å². The first-order chi connectivity index (χ1) is 33.2. The molecule has 1 aliphatic rings. The van der Waals surface area contributed by atoms with Gasteiger partial charge in [0.25, 0.3) is 0 Å². The Hall–Kier alpha value is -5.06. The van der Waals surface area contributed by atoms with Crippen LogP contribution >= 0.6 is 14.5 Å². The van der Waals surface area contributed by atoms with Gasteiger partial charge >= 0.3 is 0 Å². The van der Waals surface area contributed by atoms with E-state index in [0.717, 1.165) is 12.7 Å².